The van der Waals surface area contributed by atoms with Crippen LogP contribution in [-0.2, 0) is 0 Å². The lowest BCUT2D eigenvalue weighted by molar-refractivity contribution is 0.432. The van der Waals surface area contributed by atoms with Crippen molar-refractivity contribution in [1.82, 2.24) is 4.31 Å². The van der Waals surface area contributed by atoms with Gasteiger partial charge >= 0.3 is 0 Å². The van der Waals surface area contributed by atoms with Crippen LogP contribution in [0.5, 0.6) is 0 Å². The number of hydrogen-bond acceptors (Lipinski definition) is 2. The Morgan fingerprint density at radius 2 is 2.44 bits per heavy atom. The molecule has 0 saturated carbocycles. The van der Waals surface area contributed by atoms with Crippen LogP contribution in [0.1, 0.15) is 19.3 Å². The average Bonchev–Trinajstić information content (AvgIpc) is 1.90. The maximum atomic E-state index is 4.22. The van der Waals surface area contributed by atoms with Crippen molar-refractivity contribution in [3.63, 3.8) is 0 Å². The smallest absolute Gasteiger partial charge is 0.0377 e. The van der Waals surface area contributed by atoms with Gasteiger partial charge in [0, 0.05) is 6.04 Å². The molecular weight excluding hydrogens is 130 g/mol. The zero-order valence-electron chi connectivity index (χ0n) is 5.75. The molecule has 0 heterocycles. The van der Waals surface area contributed by atoms with Gasteiger partial charge in [-0.15, -0.1) is 0 Å². The van der Waals surface area contributed by atoms with Crippen molar-refractivity contribution in [1.29, 1.82) is 0 Å². The van der Waals surface area contributed by atoms with Crippen molar-refractivity contribution < 1.29 is 0 Å². The monoisotopic (exact) mass is 143 g/mol. The van der Waals surface area contributed by atoms with Gasteiger partial charge in [0.1, 0.15) is 0 Å². The SMILES string of the molecule is CN(S)C1C=CCCC1. The zero-order valence-corrected chi connectivity index (χ0v) is 6.64. The standard InChI is InChI=1S/C7H13NS/c1-8(9)7-5-3-2-4-6-7/h3,5,7,9H,2,4,6H2,1H3. The molecule has 0 N–H and O–H groups in total. The van der Waals surface area contributed by atoms with Crippen LogP contribution in [0.2, 0.25) is 0 Å². The molecule has 0 saturated heterocycles. The van der Waals surface area contributed by atoms with Gasteiger partial charge in [0.2, 0.25) is 0 Å². The Bertz CT molecular complexity index is 109. The number of likely N-dealkylation sites (N-methyl/N-ethyl adjacent to an activating group) is 1. The van der Waals surface area contributed by atoms with E-state index in [9.17, 15) is 0 Å². The highest BCUT2D eigenvalue weighted by molar-refractivity contribution is 7.77. The summed E-state index contributed by atoms with van der Waals surface area (Å²) in [5.74, 6) is 0. The van der Waals surface area contributed by atoms with Crippen LogP contribution in [0.3, 0.4) is 0 Å². The van der Waals surface area contributed by atoms with E-state index in [2.05, 4.69) is 25.0 Å². The van der Waals surface area contributed by atoms with Crippen molar-refractivity contribution in [2.24, 2.45) is 0 Å². The molecule has 0 radical (unpaired) electrons. The molecular formula is C7H13NS. The first kappa shape index (κ1) is 7.16. The fourth-order valence-corrected chi connectivity index (χ4v) is 1.30. The van der Waals surface area contributed by atoms with Gasteiger partial charge in [0.25, 0.3) is 0 Å². The maximum absolute atomic E-state index is 4.22. The Kier molecular flexibility index (Phi) is 2.61. The molecule has 1 aliphatic rings. The lowest BCUT2D eigenvalue weighted by Crippen LogP contribution is -2.22. The Hall–Kier alpha value is 0.0500. The zero-order chi connectivity index (χ0) is 6.69. The van der Waals surface area contributed by atoms with Crippen LogP contribution in [0.15, 0.2) is 12.2 Å². The summed E-state index contributed by atoms with van der Waals surface area (Å²) in [5, 5.41) is 0. The van der Waals surface area contributed by atoms with Crippen LogP contribution < -0.4 is 0 Å². The van der Waals surface area contributed by atoms with Gasteiger partial charge in [0.15, 0.2) is 0 Å². The van der Waals surface area contributed by atoms with Crippen LogP contribution in [0.4, 0.5) is 0 Å². The highest BCUT2D eigenvalue weighted by Gasteiger charge is 2.09. The summed E-state index contributed by atoms with van der Waals surface area (Å²) in [6, 6.07) is 0.571. The van der Waals surface area contributed by atoms with Gasteiger partial charge in [-0.2, -0.15) is 0 Å². The molecule has 1 rings (SSSR count). The first-order valence-corrected chi connectivity index (χ1v) is 3.79. The summed E-state index contributed by atoms with van der Waals surface area (Å²) in [5.41, 5.74) is 0. The Balaban J connectivity index is 2.40. The minimum atomic E-state index is 0.571. The first-order chi connectivity index (χ1) is 4.30. The van der Waals surface area contributed by atoms with E-state index in [1.165, 1.54) is 19.3 Å². The molecule has 0 spiro atoms. The molecule has 52 valence electrons. The van der Waals surface area contributed by atoms with Gasteiger partial charge in [-0.1, -0.05) is 25.0 Å². The fourth-order valence-electron chi connectivity index (χ4n) is 1.11. The minimum absolute atomic E-state index is 0.571. The molecule has 0 bridgehead atoms. The van der Waals surface area contributed by atoms with Crippen molar-refractivity contribution in [2.45, 2.75) is 25.3 Å². The number of nitrogens with zero attached hydrogens (tertiary/aromatic N) is 1. The maximum Gasteiger partial charge on any atom is 0.0377 e. The first-order valence-electron chi connectivity index (χ1n) is 3.39. The van der Waals surface area contributed by atoms with Crippen molar-refractivity contribution in [2.75, 3.05) is 7.05 Å². The molecule has 9 heavy (non-hydrogen) atoms. The van der Waals surface area contributed by atoms with Crippen LogP contribution in [0.25, 0.3) is 0 Å². The normalized spacial score (nSPS) is 27.2. The summed E-state index contributed by atoms with van der Waals surface area (Å²) in [4.78, 5) is 0. The van der Waals surface area contributed by atoms with Crippen molar-refractivity contribution in [3.8, 4) is 0 Å². The third-order valence-corrected chi connectivity index (χ3v) is 2.01. The summed E-state index contributed by atoms with van der Waals surface area (Å²) >= 11 is 4.22. The van der Waals surface area contributed by atoms with E-state index in [0.29, 0.717) is 6.04 Å². The topological polar surface area (TPSA) is 3.24 Å². The summed E-state index contributed by atoms with van der Waals surface area (Å²) < 4.78 is 1.97. The van der Waals surface area contributed by atoms with E-state index >= 15 is 0 Å². The Morgan fingerprint density at radius 3 is 2.78 bits per heavy atom. The summed E-state index contributed by atoms with van der Waals surface area (Å²) in [7, 11) is 2.00. The predicted molar refractivity (Wildman–Crippen MR) is 43.5 cm³/mol. The third-order valence-electron chi connectivity index (χ3n) is 1.71. The number of rotatable bonds is 1. The molecule has 1 nitrogen and oxygen atoms in total. The molecule has 0 aliphatic heterocycles. The van der Waals surface area contributed by atoms with E-state index in [-0.39, 0.29) is 0 Å². The molecule has 0 fully saturated rings. The predicted octanol–water partition coefficient (Wildman–Crippen LogP) is 1.87. The van der Waals surface area contributed by atoms with Crippen molar-refractivity contribution in [3.05, 3.63) is 12.2 Å². The van der Waals surface area contributed by atoms with E-state index in [0.717, 1.165) is 0 Å². The second kappa shape index (κ2) is 3.28. The molecule has 1 unspecified atom stereocenters. The quantitative estimate of drug-likeness (QED) is 0.433. The van der Waals surface area contributed by atoms with Crippen LogP contribution in [-0.4, -0.2) is 17.4 Å². The number of allylic oxidation sites excluding steroid dienone is 1. The third kappa shape index (κ3) is 2.03. The molecule has 1 atom stereocenters. The molecule has 0 aromatic rings. The van der Waals surface area contributed by atoms with Gasteiger partial charge in [0.05, 0.1) is 0 Å². The fraction of sp³-hybridized carbons (Fsp3) is 0.714. The summed E-state index contributed by atoms with van der Waals surface area (Å²) in [6.07, 6.45) is 8.29. The van der Waals surface area contributed by atoms with Crippen LogP contribution in [0, 0.1) is 0 Å². The minimum Gasteiger partial charge on any atom is -0.249 e. The second-order valence-corrected chi connectivity index (χ2v) is 3.13. The highest BCUT2D eigenvalue weighted by atomic mass is 32.1. The van der Waals surface area contributed by atoms with E-state index < -0.39 is 0 Å². The van der Waals surface area contributed by atoms with Gasteiger partial charge in [-0.25, -0.2) is 4.31 Å². The van der Waals surface area contributed by atoms with E-state index in [1.807, 2.05) is 11.4 Å². The van der Waals surface area contributed by atoms with Crippen LogP contribution >= 0.6 is 12.8 Å². The van der Waals surface area contributed by atoms with Gasteiger partial charge in [-0.3, -0.25) is 0 Å². The lowest BCUT2D eigenvalue weighted by Gasteiger charge is -2.21. The molecule has 0 aromatic carbocycles. The number of hydrogen-bond donors (Lipinski definition) is 1. The molecule has 0 aromatic heterocycles. The molecule has 2 heteroatoms. The summed E-state index contributed by atoms with van der Waals surface area (Å²) in [6.45, 7) is 0. The number of thiol groups is 1. The van der Waals surface area contributed by atoms with E-state index in [4.69, 9.17) is 0 Å². The molecule has 0 amide bonds. The van der Waals surface area contributed by atoms with Crippen molar-refractivity contribution >= 4 is 12.8 Å². The highest BCUT2D eigenvalue weighted by Crippen LogP contribution is 2.15. The lowest BCUT2D eigenvalue weighted by atomic mass is 10.0. The molecule has 1 aliphatic carbocycles. The average molecular weight is 143 g/mol. The largest absolute Gasteiger partial charge is 0.249 e. The van der Waals surface area contributed by atoms with Gasteiger partial charge in [-0.05, 0) is 26.3 Å². The van der Waals surface area contributed by atoms with E-state index in [1.54, 1.807) is 0 Å². The second-order valence-electron chi connectivity index (χ2n) is 2.50. The Labute approximate surface area is 62.3 Å². The Morgan fingerprint density at radius 1 is 1.67 bits per heavy atom. The van der Waals surface area contributed by atoms with Gasteiger partial charge < -0.3 is 0 Å².